The van der Waals surface area contributed by atoms with E-state index in [0.29, 0.717) is 0 Å². The van der Waals surface area contributed by atoms with Crippen LogP contribution in [0.25, 0.3) is 0 Å². The van der Waals surface area contributed by atoms with Gasteiger partial charge in [0.05, 0.1) is 23.1 Å². The predicted octanol–water partition coefficient (Wildman–Crippen LogP) is 2.99. The molecular formula is C12H11ClF2N2O. The maximum Gasteiger partial charge on any atom is 0.256 e. The summed E-state index contributed by atoms with van der Waals surface area (Å²) in [5.41, 5.74) is -0.399. The van der Waals surface area contributed by atoms with Crippen LogP contribution >= 0.6 is 11.6 Å². The van der Waals surface area contributed by atoms with Crippen molar-refractivity contribution in [2.24, 2.45) is 0 Å². The molecule has 0 saturated carbocycles. The van der Waals surface area contributed by atoms with E-state index in [2.05, 4.69) is 0 Å². The van der Waals surface area contributed by atoms with Crippen molar-refractivity contribution in [2.45, 2.75) is 19.4 Å². The Morgan fingerprint density at radius 1 is 1.50 bits per heavy atom. The lowest BCUT2D eigenvalue weighted by molar-refractivity contribution is 0.0741. The Morgan fingerprint density at radius 2 is 2.11 bits per heavy atom. The highest BCUT2D eigenvalue weighted by Gasteiger charge is 2.22. The first-order valence-electron chi connectivity index (χ1n) is 5.17. The van der Waals surface area contributed by atoms with Gasteiger partial charge < -0.3 is 4.90 Å². The van der Waals surface area contributed by atoms with Crippen LogP contribution in [0.1, 0.15) is 23.7 Å². The van der Waals surface area contributed by atoms with Gasteiger partial charge in [-0.2, -0.15) is 5.26 Å². The third-order valence-corrected chi connectivity index (χ3v) is 2.90. The van der Waals surface area contributed by atoms with Crippen molar-refractivity contribution in [3.63, 3.8) is 0 Å². The molecule has 1 rings (SSSR count). The highest BCUT2D eigenvalue weighted by atomic mass is 35.5. The molecule has 1 amide bonds. The minimum atomic E-state index is -0.887. The number of rotatable bonds is 3. The molecule has 0 spiro atoms. The lowest BCUT2D eigenvalue weighted by atomic mass is 10.1. The second kappa shape index (κ2) is 5.78. The molecule has 0 bridgehead atoms. The van der Waals surface area contributed by atoms with Crippen LogP contribution in [-0.4, -0.2) is 23.9 Å². The Balaban J connectivity index is 3.05. The summed E-state index contributed by atoms with van der Waals surface area (Å²) < 4.78 is 26.7. The van der Waals surface area contributed by atoms with Crippen molar-refractivity contribution < 1.29 is 13.6 Å². The number of carbonyl (C=O) groups excluding carboxylic acids is 1. The molecule has 96 valence electrons. The summed E-state index contributed by atoms with van der Waals surface area (Å²) in [4.78, 5) is 13.1. The Morgan fingerprint density at radius 3 is 2.67 bits per heavy atom. The molecule has 0 saturated heterocycles. The van der Waals surface area contributed by atoms with Crippen LogP contribution in [0.5, 0.6) is 0 Å². The fourth-order valence-electron chi connectivity index (χ4n) is 1.35. The van der Waals surface area contributed by atoms with E-state index in [4.69, 9.17) is 16.9 Å². The highest BCUT2D eigenvalue weighted by Crippen LogP contribution is 2.21. The molecule has 0 heterocycles. The number of hydrogen-bond donors (Lipinski definition) is 0. The molecule has 1 aromatic rings. The van der Waals surface area contributed by atoms with Gasteiger partial charge >= 0.3 is 0 Å². The maximum atomic E-state index is 13.5. The van der Waals surface area contributed by atoms with E-state index < -0.39 is 23.1 Å². The molecule has 1 atom stereocenters. The van der Waals surface area contributed by atoms with Crippen LogP contribution in [0.4, 0.5) is 8.78 Å². The topological polar surface area (TPSA) is 44.1 Å². The van der Waals surface area contributed by atoms with Crippen molar-refractivity contribution in [3.8, 4) is 6.07 Å². The molecule has 0 radical (unpaired) electrons. The lowest BCUT2D eigenvalue weighted by Crippen LogP contribution is -2.35. The van der Waals surface area contributed by atoms with Gasteiger partial charge in [0.15, 0.2) is 0 Å². The maximum absolute atomic E-state index is 13.5. The zero-order valence-corrected chi connectivity index (χ0v) is 10.6. The number of halogens is 3. The number of nitrogens with zero attached hydrogens (tertiary/aromatic N) is 2. The second-order valence-corrected chi connectivity index (χ2v) is 4.28. The van der Waals surface area contributed by atoms with Crippen LogP contribution in [-0.2, 0) is 0 Å². The van der Waals surface area contributed by atoms with Crippen LogP contribution in [0, 0.1) is 23.0 Å². The smallest absolute Gasteiger partial charge is 0.256 e. The third-order valence-electron chi connectivity index (χ3n) is 2.61. The minimum absolute atomic E-state index is 0.111. The van der Waals surface area contributed by atoms with Gasteiger partial charge in [-0.25, -0.2) is 8.78 Å². The molecule has 1 unspecified atom stereocenters. The summed E-state index contributed by atoms with van der Waals surface area (Å²) in [5.74, 6) is -2.43. The van der Waals surface area contributed by atoms with Crippen LogP contribution in [0.2, 0.25) is 5.02 Å². The van der Waals surface area contributed by atoms with Gasteiger partial charge in [-0.1, -0.05) is 11.6 Å². The van der Waals surface area contributed by atoms with E-state index in [1.807, 2.05) is 6.07 Å². The number of amides is 1. The molecule has 0 aliphatic heterocycles. The molecule has 0 aromatic heterocycles. The average molecular weight is 273 g/mol. The van der Waals surface area contributed by atoms with Gasteiger partial charge in [0.2, 0.25) is 0 Å². The Kier molecular flexibility index (Phi) is 4.62. The summed E-state index contributed by atoms with van der Waals surface area (Å²) in [5, 5.41) is 8.16. The molecule has 1 aromatic carbocycles. The summed E-state index contributed by atoms with van der Waals surface area (Å²) >= 11 is 5.40. The van der Waals surface area contributed by atoms with E-state index in [0.717, 1.165) is 12.1 Å². The van der Waals surface area contributed by atoms with Gasteiger partial charge in [-0.3, -0.25) is 4.79 Å². The van der Waals surface area contributed by atoms with E-state index in [1.54, 1.807) is 6.92 Å². The number of hydrogen-bond acceptors (Lipinski definition) is 2. The second-order valence-electron chi connectivity index (χ2n) is 3.87. The van der Waals surface area contributed by atoms with E-state index in [-0.39, 0.29) is 17.5 Å². The largest absolute Gasteiger partial charge is 0.338 e. The molecule has 0 aliphatic carbocycles. The number of carbonyl (C=O) groups is 1. The molecule has 0 N–H and O–H groups in total. The summed E-state index contributed by atoms with van der Waals surface area (Å²) in [7, 11) is 1.43. The van der Waals surface area contributed by atoms with E-state index in [9.17, 15) is 13.6 Å². The van der Waals surface area contributed by atoms with Crippen molar-refractivity contribution in [3.05, 3.63) is 34.4 Å². The average Bonchev–Trinajstić information content (AvgIpc) is 2.32. The van der Waals surface area contributed by atoms with Crippen molar-refractivity contribution >= 4 is 17.5 Å². The standard InChI is InChI=1S/C12H11ClF2N2O/c1-7(3-4-16)17(2)12(18)8-5-11(15)9(13)6-10(8)14/h5-7H,3H2,1-2H3. The third kappa shape index (κ3) is 2.96. The lowest BCUT2D eigenvalue weighted by Gasteiger charge is -2.23. The zero-order valence-electron chi connectivity index (χ0n) is 9.88. The van der Waals surface area contributed by atoms with Crippen LogP contribution in [0.15, 0.2) is 12.1 Å². The normalized spacial score (nSPS) is 11.8. The number of benzene rings is 1. The van der Waals surface area contributed by atoms with Gasteiger partial charge in [-0.05, 0) is 19.1 Å². The molecule has 3 nitrogen and oxygen atoms in total. The highest BCUT2D eigenvalue weighted by molar-refractivity contribution is 6.30. The summed E-state index contributed by atoms with van der Waals surface area (Å²) in [6.45, 7) is 1.64. The summed E-state index contributed by atoms with van der Waals surface area (Å²) in [6.07, 6.45) is 0.111. The predicted molar refractivity (Wildman–Crippen MR) is 63.2 cm³/mol. The first kappa shape index (κ1) is 14.4. The molecular weight excluding hydrogens is 262 g/mol. The first-order chi connectivity index (χ1) is 8.38. The minimum Gasteiger partial charge on any atom is -0.338 e. The van der Waals surface area contributed by atoms with Crippen molar-refractivity contribution in [1.82, 2.24) is 4.90 Å². The molecule has 6 heteroatoms. The van der Waals surface area contributed by atoms with Crippen molar-refractivity contribution in [1.29, 1.82) is 5.26 Å². The Labute approximate surface area is 109 Å². The van der Waals surface area contributed by atoms with Gasteiger partial charge in [0.25, 0.3) is 5.91 Å². The van der Waals surface area contributed by atoms with Gasteiger partial charge in [0, 0.05) is 13.1 Å². The van der Waals surface area contributed by atoms with Crippen molar-refractivity contribution in [2.75, 3.05) is 7.05 Å². The van der Waals surface area contributed by atoms with E-state index >= 15 is 0 Å². The van der Waals surface area contributed by atoms with E-state index in [1.165, 1.54) is 11.9 Å². The first-order valence-corrected chi connectivity index (χ1v) is 5.55. The van der Waals surface area contributed by atoms with Gasteiger partial charge in [0.1, 0.15) is 11.6 Å². The molecule has 18 heavy (non-hydrogen) atoms. The zero-order chi connectivity index (χ0) is 13.9. The molecule has 0 fully saturated rings. The van der Waals surface area contributed by atoms with Crippen LogP contribution < -0.4 is 0 Å². The molecule has 0 aliphatic rings. The fraction of sp³-hybridized carbons (Fsp3) is 0.333. The van der Waals surface area contributed by atoms with Gasteiger partial charge in [-0.15, -0.1) is 0 Å². The monoisotopic (exact) mass is 272 g/mol. The Hall–Kier alpha value is -1.67. The quantitative estimate of drug-likeness (QED) is 0.794. The number of nitriles is 1. The fourth-order valence-corrected chi connectivity index (χ4v) is 1.50. The summed E-state index contributed by atoms with van der Waals surface area (Å²) in [6, 6.07) is 3.04. The SMILES string of the molecule is CC(CC#N)N(C)C(=O)c1cc(F)c(Cl)cc1F. The van der Waals surface area contributed by atoms with Crippen LogP contribution in [0.3, 0.4) is 0 Å². The Bertz CT molecular complexity index is 514.